The van der Waals surface area contributed by atoms with Crippen LogP contribution in [0.1, 0.15) is 20.8 Å². The van der Waals surface area contributed by atoms with Crippen molar-refractivity contribution in [2.75, 3.05) is 11.5 Å². The maximum atomic E-state index is 11.5. The van der Waals surface area contributed by atoms with Crippen LogP contribution in [0.3, 0.4) is 0 Å². The third-order valence-electron chi connectivity index (χ3n) is 1.65. The van der Waals surface area contributed by atoms with Gasteiger partial charge in [-0.1, -0.05) is 11.8 Å². The Morgan fingerprint density at radius 3 is 2.81 bits per heavy atom. The summed E-state index contributed by atoms with van der Waals surface area (Å²) < 4.78 is 0. The van der Waals surface area contributed by atoms with E-state index in [4.69, 9.17) is 5.73 Å². The SMILES string of the molecule is CC(C)(C)NC(=O)CSc1ncccc1N. The van der Waals surface area contributed by atoms with Gasteiger partial charge in [0, 0.05) is 11.7 Å². The molecule has 1 heterocycles. The number of rotatable bonds is 3. The number of carbonyl (C=O) groups excluding carboxylic acids is 1. The van der Waals surface area contributed by atoms with Crippen molar-refractivity contribution < 1.29 is 4.79 Å². The van der Waals surface area contributed by atoms with Gasteiger partial charge in [-0.2, -0.15) is 0 Å². The van der Waals surface area contributed by atoms with E-state index < -0.39 is 0 Å². The quantitative estimate of drug-likeness (QED) is 0.787. The van der Waals surface area contributed by atoms with Gasteiger partial charge in [-0.05, 0) is 32.9 Å². The Hall–Kier alpha value is -1.23. The second-order valence-corrected chi connectivity index (χ2v) is 5.45. The first-order valence-electron chi connectivity index (χ1n) is 5.03. The summed E-state index contributed by atoms with van der Waals surface area (Å²) in [5.41, 5.74) is 6.13. The number of amides is 1. The van der Waals surface area contributed by atoms with Crippen molar-refractivity contribution in [3.05, 3.63) is 18.3 Å². The summed E-state index contributed by atoms with van der Waals surface area (Å²) in [5, 5.41) is 3.58. The van der Waals surface area contributed by atoms with E-state index in [9.17, 15) is 4.79 Å². The minimum Gasteiger partial charge on any atom is -0.397 e. The van der Waals surface area contributed by atoms with Crippen LogP contribution >= 0.6 is 11.8 Å². The molecule has 0 unspecified atom stereocenters. The van der Waals surface area contributed by atoms with Gasteiger partial charge in [-0.3, -0.25) is 4.79 Å². The maximum Gasteiger partial charge on any atom is 0.230 e. The highest BCUT2D eigenvalue weighted by Gasteiger charge is 2.14. The minimum atomic E-state index is -0.201. The second kappa shape index (κ2) is 5.21. The van der Waals surface area contributed by atoms with Crippen LogP contribution in [0.5, 0.6) is 0 Å². The van der Waals surface area contributed by atoms with Gasteiger partial charge in [0.05, 0.1) is 11.4 Å². The summed E-state index contributed by atoms with van der Waals surface area (Å²) in [6.07, 6.45) is 1.67. The Balaban J connectivity index is 2.47. The number of nitrogens with zero attached hydrogens (tertiary/aromatic N) is 1. The topological polar surface area (TPSA) is 68.0 Å². The Morgan fingerprint density at radius 2 is 2.25 bits per heavy atom. The van der Waals surface area contributed by atoms with E-state index >= 15 is 0 Å². The molecule has 0 atom stereocenters. The standard InChI is InChI=1S/C11H17N3OS/c1-11(2,3)14-9(15)7-16-10-8(12)5-4-6-13-10/h4-6H,7,12H2,1-3H3,(H,14,15). The van der Waals surface area contributed by atoms with Crippen molar-refractivity contribution in [1.82, 2.24) is 10.3 Å². The van der Waals surface area contributed by atoms with E-state index in [0.717, 1.165) is 0 Å². The summed E-state index contributed by atoms with van der Waals surface area (Å²) in [5.74, 6) is 0.320. The van der Waals surface area contributed by atoms with Crippen LogP contribution < -0.4 is 11.1 Å². The van der Waals surface area contributed by atoms with Gasteiger partial charge in [0.1, 0.15) is 5.03 Å². The molecule has 0 saturated carbocycles. The smallest absolute Gasteiger partial charge is 0.230 e. The number of nitrogens with one attached hydrogen (secondary N) is 1. The molecule has 0 aromatic carbocycles. The Kier molecular flexibility index (Phi) is 4.18. The van der Waals surface area contributed by atoms with Crippen LogP contribution in [-0.4, -0.2) is 22.2 Å². The van der Waals surface area contributed by atoms with Gasteiger partial charge in [0.15, 0.2) is 0 Å². The lowest BCUT2D eigenvalue weighted by Crippen LogP contribution is -2.41. The second-order valence-electron chi connectivity index (χ2n) is 4.48. The molecule has 0 bridgehead atoms. The largest absolute Gasteiger partial charge is 0.397 e. The molecule has 4 nitrogen and oxygen atoms in total. The van der Waals surface area contributed by atoms with E-state index in [0.29, 0.717) is 16.5 Å². The lowest BCUT2D eigenvalue weighted by Gasteiger charge is -2.20. The van der Waals surface area contributed by atoms with Crippen LogP contribution in [0.25, 0.3) is 0 Å². The van der Waals surface area contributed by atoms with E-state index in [2.05, 4.69) is 10.3 Å². The molecule has 0 aliphatic carbocycles. The van der Waals surface area contributed by atoms with Crippen molar-refractivity contribution >= 4 is 23.4 Å². The van der Waals surface area contributed by atoms with E-state index in [1.807, 2.05) is 20.8 Å². The number of carbonyl (C=O) groups is 1. The molecule has 0 aliphatic rings. The highest BCUT2D eigenvalue weighted by atomic mass is 32.2. The molecular weight excluding hydrogens is 222 g/mol. The van der Waals surface area contributed by atoms with Gasteiger partial charge in [-0.15, -0.1) is 0 Å². The molecule has 0 saturated heterocycles. The number of nitrogens with two attached hydrogens (primary N) is 1. The van der Waals surface area contributed by atoms with E-state index in [-0.39, 0.29) is 11.4 Å². The van der Waals surface area contributed by atoms with Gasteiger partial charge in [0.2, 0.25) is 5.91 Å². The van der Waals surface area contributed by atoms with Crippen molar-refractivity contribution in [3.63, 3.8) is 0 Å². The third kappa shape index (κ3) is 4.53. The molecule has 0 radical (unpaired) electrons. The number of thioether (sulfide) groups is 1. The zero-order chi connectivity index (χ0) is 12.2. The van der Waals surface area contributed by atoms with Crippen LogP contribution in [0.15, 0.2) is 23.4 Å². The zero-order valence-corrected chi connectivity index (χ0v) is 10.6. The molecule has 88 valence electrons. The lowest BCUT2D eigenvalue weighted by atomic mass is 10.1. The van der Waals surface area contributed by atoms with Crippen LogP contribution in [0, 0.1) is 0 Å². The summed E-state index contributed by atoms with van der Waals surface area (Å²) in [4.78, 5) is 15.6. The van der Waals surface area contributed by atoms with Crippen LogP contribution in [0.2, 0.25) is 0 Å². The predicted molar refractivity (Wildman–Crippen MR) is 67.3 cm³/mol. The number of anilines is 1. The third-order valence-corrected chi connectivity index (χ3v) is 2.68. The number of nitrogen functional groups attached to an aromatic ring is 1. The Morgan fingerprint density at radius 1 is 1.56 bits per heavy atom. The zero-order valence-electron chi connectivity index (χ0n) is 9.78. The molecule has 1 aromatic rings. The normalized spacial score (nSPS) is 11.2. The van der Waals surface area contributed by atoms with Crippen molar-refractivity contribution in [3.8, 4) is 0 Å². The van der Waals surface area contributed by atoms with Crippen molar-refractivity contribution in [2.45, 2.75) is 31.3 Å². The molecule has 16 heavy (non-hydrogen) atoms. The first-order chi connectivity index (χ1) is 7.38. The average Bonchev–Trinajstić information content (AvgIpc) is 2.14. The van der Waals surface area contributed by atoms with E-state index in [1.165, 1.54) is 11.8 Å². The molecule has 0 spiro atoms. The lowest BCUT2D eigenvalue weighted by molar-refractivity contribution is -0.119. The highest BCUT2D eigenvalue weighted by Crippen LogP contribution is 2.21. The fourth-order valence-corrected chi connectivity index (χ4v) is 1.82. The molecule has 0 fully saturated rings. The van der Waals surface area contributed by atoms with Crippen molar-refractivity contribution in [2.24, 2.45) is 0 Å². The molecular formula is C11H17N3OS. The summed E-state index contributed by atoms with van der Waals surface area (Å²) >= 11 is 1.35. The Bertz CT molecular complexity index is 374. The van der Waals surface area contributed by atoms with Crippen LogP contribution in [-0.2, 0) is 4.79 Å². The van der Waals surface area contributed by atoms with Gasteiger partial charge < -0.3 is 11.1 Å². The Labute approximate surface area is 100 Å². The minimum absolute atomic E-state index is 0.0115. The maximum absolute atomic E-state index is 11.5. The van der Waals surface area contributed by atoms with Crippen molar-refractivity contribution in [1.29, 1.82) is 0 Å². The number of hydrogen-bond donors (Lipinski definition) is 2. The van der Waals surface area contributed by atoms with Gasteiger partial charge in [0.25, 0.3) is 0 Å². The number of pyridine rings is 1. The first-order valence-corrected chi connectivity index (χ1v) is 6.01. The van der Waals surface area contributed by atoms with E-state index in [1.54, 1.807) is 18.3 Å². The highest BCUT2D eigenvalue weighted by molar-refractivity contribution is 8.00. The van der Waals surface area contributed by atoms with Crippen LogP contribution in [0.4, 0.5) is 5.69 Å². The average molecular weight is 239 g/mol. The monoisotopic (exact) mass is 239 g/mol. The summed E-state index contributed by atoms with van der Waals surface area (Å²) in [6.45, 7) is 5.85. The first kappa shape index (κ1) is 12.8. The fraction of sp³-hybridized carbons (Fsp3) is 0.455. The predicted octanol–water partition coefficient (Wildman–Crippen LogP) is 1.67. The molecule has 3 N–H and O–H groups in total. The molecule has 5 heteroatoms. The summed E-state index contributed by atoms with van der Waals surface area (Å²) in [6, 6.07) is 3.55. The fourth-order valence-electron chi connectivity index (χ4n) is 1.11. The van der Waals surface area contributed by atoms with Gasteiger partial charge >= 0.3 is 0 Å². The molecule has 1 amide bonds. The van der Waals surface area contributed by atoms with Gasteiger partial charge in [-0.25, -0.2) is 4.98 Å². The number of hydrogen-bond acceptors (Lipinski definition) is 4. The molecule has 1 aromatic heterocycles. The summed E-state index contributed by atoms with van der Waals surface area (Å²) in [7, 11) is 0. The molecule has 0 aliphatic heterocycles. The number of aromatic nitrogens is 1. The molecule has 1 rings (SSSR count).